The Morgan fingerprint density at radius 2 is 1.94 bits per heavy atom. The predicted molar refractivity (Wildman–Crippen MR) is 63.5 cm³/mol. The van der Waals surface area contributed by atoms with Crippen molar-refractivity contribution in [2.75, 3.05) is 12.3 Å². The number of carboxylic acid groups (broad SMARTS) is 1. The number of carboxylic acids is 1. The van der Waals surface area contributed by atoms with Crippen LogP contribution in [-0.2, 0) is 9.59 Å². The molecule has 0 fully saturated rings. The van der Waals surface area contributed by atoms with Crippen molar-refractivity contribution in [1.82, 2.24) is 5.32 Å². The van der Waals surface area contributed by atoms with E-state index in [1.807, 2.05) is 20.8 Å². The van der Waals surface area contributed by atoms with Crippen LogP contribution >= 0.6 is 11.8 Å². The Morgan fingerprint density at radius 1 is 1.38 bits per heavy atom. The zero-order valence-electron chi connectivity index (χ0n) is 9.82. The van der Waals surface area contributed by atoms with E-state index in [2.05, 4.69) is 5.32 Å². The van der Waals surface area contributed by atoms with E-state index < -0.39 is 12.1 Å². The molecule has 0 saturated heterocycles. The molecule has 0 unspecified atom stereocenters. The Balaban J connectivity index is 3.63. The van der Waals surface area contributed by atoms with E-state index in [9.17, 15) is 9.59 Å². The van der Waals surface area contributed by atoms with Crippen LogP contribution in [-0.4, -0.2) is 45.2 Å². The van der Waals surface area contributed by atoms with Crippen molar-refractivity contribution in [3.05, 3.63) is 0 Å². The molecule has 0 rings (SSSR count). The average Bonchev–Trinajstić information content (AvgIpc) is 2.13. The molecule has 0 radical (unpaired) electrons. The summed E-state index contributed by atoms with van der Waals surface area (Å²) in [6, 6.07) is 0. The lowest BCUT2D eigenvalue weighted by atomic mass is 10.2. The number of amides is 1. The fraction of sp³-hybridized carbons (Fsp3) is 0.800. The van der Waals surface area contributed by atoms with E-state index in [0.29, 0.717) is 5.75 Å². The molecule has 0 aliphatic carbocycles. The summed E-state index contributed by atoms with van der Waals surface area (Å²) in [5, 5.41) is 19.9. The number of nitrogens with one attached hydrogen (secondary N) is 1. The monoisotopic (exact) mass is 249 g/mol. The van der Waals surface area contributed by atoms with Gasteiger partial charge in [-0.1, -0.05) is 20.8 Å². The second kappa shape index (κ2) is 6.75. The Bertz CT molecular complexity index is 250. The summed E-state index contributed by atoms with van der Waals surface area (Å²) in [7, 11) is 0. The molecule has 0 heterocycles. The summed E-state index contributed by atoms with van der Waals surface area (Å²) in [6.07, 6.45) is -1.38. The van der Waals surface area contributed by atoms with Gasteiger partial charge in [-0.15, -0.1) is 11.8 Å². The molecule has 0 aromatic carbocycles. The number of carbonyl (C=O) groups excluding carboxylic acids is 1. The molecule has 0 bridgehead atoms. The third-order valence-corrected chi connectivity index (χ3v) is 2.93. The van der Waals surface area contributed by atoms with Gasteiger partial charge in [0.25, 0.3) is 0 Å². The molecule has 0 spiro atoms. The Labute approximate surface area is 99.6 Å². The van der Waals surface area contributed by atoms with Crippen molar-refractivity contribution in [3.63, 3.8) is 0 Å². The summed E-state index contributed by atoms with van der Waals surface area (Å²) >= 11 is 1.52. The molecule has 0 aromatic rings. The average molecular weight is 249 g/mol. The van der Waals surface area contributed by atoms with Crippen LogP contribution in [0.1, 0.15) is 27.2 Å². The van der Waals surface area contributed by atoms with Crippen LogP contribution in [0.3, 0.4) is 0 Å². The highest BCUT2D eigenvalue weighted by Crippen LogP contribution is 2.22. The van der Waals surface area contributed by atoms with E-state index in [4.69, 9.17) is 10.2 Å². The number of hydrogen-bond donors (Lipinski definition) is 3. The van der Waals surface area contributed by atoms with Crippen LogP contribution in [0.4, 0.5) is 0 Å². The molecule has 94 valence electrons. The Kier molecular flexibility index (Phi) is 6.43. The van der Waals surface area contributed by atoms with E-state index in [-0.39, 0.29) is 23.6 Å². The first kappa shape index (κ1) is 15.2. The van der Waals surface area contributed by atoms with Gasteiger partial charge in [0.15, 0.2) is 6.10 Å². The second-order valence-electron chi connectivity index (χ2n) is 4.39. The third-order valence-electron chi connectivity index (χ3n) is 1.66. The molecule has 6 heteroatoms. The number of rotatable bonds is 6. The van der Waals surface area contributed by atoms with E-state index in [1.54, 1.807) is 0 Å². The van der Waals surface area contributed by atoms with Gasteiger partial charge >= 0.3 is 5.97 Å². The van der Waals surface area contributed by atoms with E-state index in [0.717, 1.165) is 0 Å². The van der Waals surface area contributed by atoms with Crippen molar-refractivity contribution in [3.8, 4) is 0 Å². The molecule has 0 aromatic heterocycles. The topological polar surface area (TPSA) is 86.6 Å². The second-order valence-corrected chi connectivity index (χ2v) is 6.20. The first-order valence-corrected chi connectivity index (χ1v) is 6.02. The molecule has 0 aliphatic heterocycles. The molecule has 1 atom stereocenters. The minimum absolute atomic E-state index is 0.0257. The minimum atomic E-state index is -1.41. The van der Waals surface area contributed by atoms with Crippen LogP contribution in [0.5, 0.6) is 0 Å². The lowest BCUT2D eigenvalue weighted by Gasteiger charge is -2.17. The van der Waals surface area contributed by atoms with Crippen LogP contribution < -0.4 is 5.32 Å². The highest BCUT2D eigenvalue weighted by molar-refractivity contribution is 8.01. The molecule has 16 heavy (non-hydrogen) atoms. The smallest absolute Gasteiger partial charge is 0.332 e. The summed E-state index contributed by atoms with van der Waals surface area (Å²) in [6.45, 7) is 6.22. The van der Waals surface area contributed by atoms with Crippen molar-refractivity contribution < 1.29 is 19.8 Å². The number of hydrogen-bond acceptors (Lipinski definition) is 4. The van der Waals surface area contributed by atoms with Gasteiger partial charge < -0.3 is 15.5 Å². The summed E-state index contributed by atoms with van der Waals surface area (Å²) < 4.78 is 0.0257. The largest absolute Gasteiger partial charge is 0.479 e. The normalized spacial score (nSPS) is 13.2. The van der Waals surface area contributed by atoms with Crippen LogP contribution in [0.15, 0.2) is 0 Å². The summed E-state index contributed by atoms with van der Waals surface area (Å²) in [5.41, 5.74) is 0. The zero-order valence-corrected chi connectivity index (χ0v) is 10.6. The molecule has 1 amide bonds. The number of aliphatic hydroxyl groups excluding tert-OH is 1. The van der Waals surface area contributed by atoms with Crippen LogP contribution in [0.2, 0.25) is 0 Å². The van der Waals surface area contributed by atoms with Crippen LogP contribution in [0, 0.1) is 0 Å². The van der Waals surface area contributed by atoms with Crippen LogP contribution in [0.25, 0.3) is 0 Å². The summed E-state index contributed by atoms with van der Waals surface area (Å²) in [4.78, 5) is 21.5. The lowest BCUT2D eigenvalue weighted by molar-refractivity contribution is -0.147. The number of carbonyl (C=O) groups is 2. The Morgan fingerprint density at radius 3 is 2.38 bits per heavy atom. The van der Waals surface area contributed by atoms with Crippen molar-refractivity contribution in [2.24, 2.45) is 0 Å². The molecule has 0 saturated carbocycles. The standard InChI is InChI=1S/C10H19NO4S/c1-10(2,3)16-6-8(13)11-5-4-7(12)9(14)15/h7,12H,4-6H2,1-3H3,(H,11,13)(H,14,15)/t7-/m0/s1. The quantitative estimate of drug-likeness (QED) is 0.637. The molecule has 0 aliphatic rings. The highest BCUT2D eigenvalue weighted by atomic mass is 32.2. The number of aliphatic hydroxyl groups is 1. The van der Waals surface area contributed by atoms with Gasteiger partial charge in [-0.25, -0.2) is 4.79 Å². The van der Waals surface area contributed by atoms with Crippen molar-refractivity contribution >= 4 is 23.6 Å². The maximum Gasteiger partial charge on any atom is 0.332 e. The molecular formula is C10H19NO4S. The van der Waals surface area contributed by atoms with Gasteiger partial charge in [-0.05, 0) is 0 Å². The van der Waals surface area contributed by atoms with Gasteiger partial charge in [0.2, 0.25) is 5.91 Å². The highest BCUT2D eigenvalue weighted by Gasteiger charge is 2.15. The molecule has 5 nitrogen and oxygen atoms in total. The lowest BCUT2D eigenvalue weighted by Crippen LogP contribution is -2.31. The molecular weight excluding hydrogens is 230 g/mol. The van der Waals surface area contributed by atoms with E-state index >= 15 is 0 Å². The third kappa shape index (κ3) is 8.55. The maximum atomic E-state index is 11.3. The fourth-order valence-corrected chi connectivity index (χ4v) is 1.47. The number of thioether (sulfide) groups is 1. The first-order valence-electron chi connectivity index (χ1n) is 5.04. The summed E-state index contributed by atoms with van der Waals surface area (Å²) in [5.74, 6) is -1.07. The van der Waals surface area contributed by atoms with Gasteiger partial charge in [0.05, 0.1) is 5.75 Å². The zero-order chi connectivity index (χ0) is 12.8. The van der Waals surface area contributed by atoms with Gasteiger partial charge in [0, 0.05) is 17.7 Å². The SMILES string of the molecule is CC(C)(C)SCC(=O)NCC[C@H](O)C(=O)O. The van der Waals surface area contributed by atoms with E-state index in [1.165, 1.54) is 11.8 Å². The van der Waals surface area contributed by atoms with Gasteiger partial charge in [-0.3, -0.25) is 4.79 Å². The predicted octanol–water partition coefficient (Wildman–Crippen LogP) is 0.470. The number of aliphatic carboxylic acids is 1. The van der Waals surface area contributed by atoms with Gasteiger partial charge in [0.1, 0.15) is 0 Å². The van der Waals surface area contributed by atoms with Crippen molar-refractivity contribution in [2.45, 2.75) is 38.0 Å². The van der Waals surface area contributed by atoms with Crippen molar-refractivity contribution in [1.29, 1.82) is 0 Å². The fourth-order valence-electron chi connectivity index (χ4n) is 0.805. The molecule has 3 N–H and O–H groups in total. The van der Waals surface area contributed by atoms with Gasteiger partial charge in [-0.2, -0.15) is 0 Å². The maximum absolute atomic E-state index is 11.3. The minimum Gasteiger partial charge on any atom is -0.479 e. The first-order chi connectivity index (χ1) is 7.22. The Hall–Kier alpha value is -0.750.